The van der Waals surface area contributed by atoms with E-state index in [1.54, 1.807) is 24.3 Å². The summed E-state index contributed by atoms with van der Waals surface area (Å²) in [4.78, 5) is 2.26. The van der Waals surface area contributed by atoms with Crippen molar-refractivity contribution in [1.29, 1.82) is 0 Å². The molecule has 0 unspecified atom stereocenters. The lowest BCUT2D eigenvalue weighted by molar-refractivity contribution is 0.122. The minimum absolute atomic E-state index is 0.199. The number of nitrogens with one attached hydrogen (secondary N) is 1. The number of ether oxygens (including phenoxy) is 1. The summed E-state index contributed by atoms with van der Waals surface area (Å²) >= 11 is 0. The van der Waals surface area contributed by atoms with Gasteiger partial charge in [-0.3, -0.25) is 4.72 Å². The number of morpholine rings is 1. The molecule has 0 radical (unpaired) electrons. The van der Waals surface area contributed by atoms with Crippen molar-refractivity contribution in [1.82, 2.24) is 10.2 Å². The molecule has 2 heterocycles. The third kappa shape index (κ3) is 4.26. The third-order valence-electron chi connectivity index (χ3n) is 4.08. The van der Waals surface area contributed by atoms with Gasteiger partial charge >= 0.3 is 0 Å². The van der Waals surface area contributed by atoms with E-state index >= 15 is 0 Å². The van der Waals surface area contributed by atoms with Gasteiger partial charge in [0.05, 0.1) is 18.1 Å². The van der Waals surface area contributed by atoms with Gasteiger partial charge in [0.2, 0.25) is 0 Å². The first-order chi connectivity index (χ1) is 12.0. The molecule has 0 bridgehead atoms. The summed E-state index contributed by atoms with van der Waals surface area (Å²) in [6.45, 7) is 6.94. The van der Waals surface area contributed by atoms with Gasteiger partial charge in [-0.15, -0.1) is 10.2 Å². The van der Waals surface area contributed by atoms with Crippen molar-refractivity contribution in [3.05, 3.63) is 42.0 Å². The Bertz CT molecular complexity index is 799. The molecule has 1 aromatic heterocycles. The second-order valence-electron chi connectivity index (χ2n) is 6.21. The van der Waals surface area contributed by atoms with Crippen molar-refractivity contribution in [3.63, 3.8) is 0 Å². The lowest BCUT2D eigenvalue weighted by Gasteiger charge is -2.27. The fourth-order valence-electron chi connectivity index (χ4n) is 2.57. The van der Waals surface area contributed by atoms with E-state index in [4.69, 9.17) is 4.74 Å². The average Bonchev–Trinajstić information content (AvgIpc) is 2.63. The molecule has 7 nitrogen and oxygen atoms in total. The molecule has 0 aliphatic carbocycles. The number of anilines is 2. The summed E-state index contributed by atoms with van der Waals surface area (Å²) in [6.07, 6.45) is 0. The van der Waals surface area contributed by atoms with Crippen LogP contribution in [-0.4, -0.2) is 44.9 Å². The van der Waals surface area contributed by atoms with Gasteiger partial charge in [0.25, 0.3) is 10.0 Å². The monoisotopic (exact) mass is 362 g/mol. The van der Waals surface area contributed by atoms with Crippen molar-refractivity contribution in [2.24, 2.45) is 0 Å². The number of hydrogen-bond donors (Lipinski definition) is 1. The van der Waals surface area contributed by atoms with E-state index in [9.17, 15) is 8.42 Å². The Balaban J connectivity index is 1.72. The molecule has 0 atom stereocenters. The predicted molar refractivity (Wildman–Crippen MR) is 96.4 cm³/mol. The Hall–Kier alpha value is -2.19. The van der Waals surface area contributed by atoms with Crippen molar-refractivity contribution in [2.45, 2.75) is 24.7 Å². The summed E-state index contributed by atoms with van der Waals surface area (Å²) in [5.41, 5.74) is 1.09. The number of aromatic nitrogens is 2. The molecule has 1 aliphatic heterocycles. The zero-order valence-corrected chi connectivity index (χ0v) is 15.2. The fraction of sp³-hybridized carbons (Fsp3) is 0.412. The van der Waals surface area contributed by atoms with E-state index in [1.807, 2.05) is 12.1 Å². The molecule has 1 saturated heterocycles. The van der Waals surface area contributed by atoms with Crippen LogP contribution in [0.5, 0.6) is 0 Å². The Morgan fingerprint density at radius 1 is 1.04 bits per heavy atom. The summed E-state index contributed by atoms with van der Waals surface area (Å²) < 4.78 is 32.7. The van der Waals surface area contributed by atoms with Crippen LogP contribution in [0.1, 0.15) is 25.3 Å². The molecular weight excluding hydrogens is 340 g/mol. The average molecular weight is 362 g/mol. The Morgan fingerprint density at radius 3 is 2.28 bits per heavy atom. The van der Waals surface area contributed by atoms with Gasteiger partial charge in [0.1, 0.15) is 0 Å². The van der Waals surface area contributed by atoms with Gasteiger partial charge in [0, 0.05) is 13.1 Å². The molecule has 1 N–H and O–H groups in total. The van der Waals surface area contributed by atoms with Crippen molar-refractivity contribution < 1.29 is 13.2 Å². The summed E-state index contributed by atoms with van der Waals surface area (Å²) in [5.74, 6) is 1.26. The molecule has 1 aromatic carbocycles. The number of hydrogen-bond acceptors (Lipinski definition) is 6. The number of nitrogens with zero attached hydrogens (tertiary/aromatic N) is 3. The molecule has 0 amide bonds. The highest BCUT2D eigenvalue weighted by molar-refractivity contribution is 7.92. The van der Waals surface area contributed by atoms with Gasteiger partial charge in [-0.05, 0) is 35.7 Å². The second kappa shape index (κ2) is 7.37. The van der Waals surface area contributed by atoms with E-state index in [1.165, 1.54) is 0 Å². The van der Waals surface area contributed by atoms with Crippen LogP contribution in [0.4, 0.5) is 11.6 Å². The highest BCUT2D eigenvalue weighted by atomic mass is 32.2. The SMILES string of the molecule is CC(C)c1ccc(S(=O)(=O)Nc2ccc(N3CCOCC3)nn2)cc1. The molecule has 1 aliphatic rings. The second-order valence-corrected chi connectivity index (χ2v) is 7.89. The highest BCUT2D eigenvalue weighted by Gasteiger charge is 2.17. The van der Waals surface area contributed by atoms with Gasteiger partial charge in [-0.1, -0.05) is 26.0 Å². The Labute approximate surface area is 148 Å². The fourth-order valence-corrected chi connectivity index (χ4v) is 3.57. The maximum atomic E-state index is 12.5. The molecule has 3 rings (SSSR count). The molecule has 2 aromatic rings. The van der Waals surface area contributed by atoms with E-state index in [0.717, 1.165) is 18.7 Å². The zero-order valence-electron chi connectivity index (χ0n) is 14.3. The lowest BCUT2D eigenvalue weighted by atomic mass is 10.0. The predicted octanol–water partition coefficient (Wildman–Crippen LogP) is 2.24. The van der Waals surface area contributed by atoms with E-state index in [2.05, 4.69) is 33.7 Å². The smallest absolute Gasteiger partial charge is 0.263 e. The number of rotatable bonds is 5. The van der Waals surface area contributed by atoms with Crippen LogP contribution in [0, 0.1) is 0 Å². The maximum absolute atomic E-state index is 12.5. The van der Waals surface area contributed by atoms with E-state index in [0.29, 0.717) is 24.9 Å². The lowest BCUT2D eigenvalue weighted by Crippen LogP contribution is -2.36. The standard InChI is InChI=1S/C17H22N4O3S/c1-13(2)14-3-5-15(6-4-14)25(22,23)20-16-7-8-17(19-18-16)21-9-11-24-12-10-21/h3-8,13H,9-12H2,1-2H3,(H,18,20). The van der Waals surface area contributed by atoms with Crippen LogP contribution < -0.4 is 9.62 Å². The largest absolute Gasteiger partial charge is 0.378 e. The van der Waals surface area contributed by atoms with Crippen LogP contribution in [0.2, 0.25) is 0 Å². The quantitative estimate of drug-likeness (QED) is 0.878. The first kappa shape index (κ1) is 17.6. The van der Waals surface area contributed by atoms with Crippen LogP contribution >= 0.6 is 0 Å². The van der Waals surface area contributed by atoms with E-state index in [-0.39, 0.29) is 10.7 Å². The molecule has 0 saturated carbocycles. The van der Waals surface area contributed by atoms with Crippen molar-refractivity contribution in [2.75, 3.05) is 35.9 Å². The zero-order chi connectivity index (χ0) is 17.9. The molecule has 25 heavy (non-hydrogen) atoms. The molecule has 134 valence electrons. The maximum Gasteiger partial charge on any atom is 0.263 e. The number of benzene rings is 1. The van der Waals surface area contributed by atoms with Gasteiger partial charge < -0.3 is 9.64 Å². The van der Waals surface area contributed by atoms with Gasteiger partial charge in [0.15, 0.2) is 11.6 Å². The molecule has 8 heteroatoms. The first-order valence-corrected chi connectivity index (χ1v) is 9.73. The summed E-state index contributed by atoms with van der Waals surface area (Å²) in [5, 5.41) is 8.10. The molecular formula is C17H22N4O3S. The topological polar surface area (TPSA) is 84.4 Å². The minimum atomic E-state index is -3.68. The van der Waals surface area contributed by atoms with Crippen LogP contribution in [0.25, 0.3) is 0 Å². The van der Waals surface area contributed by atoms with Gasteiger partial charge in [-0.2, -0.15) is 0 Å². The normalized spacial score (nSPS) is 15.4. The summed E-state index contributed by atoms with van der Waals surface area (Å²) in [7, 11) is -3.68. The first-order valence-electron chi connectivity index (χ1n) is 8.25. The van der Waals surface area contributed by atoms with Crippen LogP contribution in [-0.2, 0) is 14.8 Å². The van der Waals surface area contributed by atoms with E-state index < -0.39 is 10.0 Å². The summed E-state index contributed by atoms with van der Waals surface area (Å²) in [6, 6.07) is 10.2. The van der Waals surface area contributed by atoms with Crippen molar-refractivity contribution >= 4 is 21.7 Å². The third-order valence-corrected chi connectivity index (χ3v) is 5.45. The minimum Gasteiger partial charge on any atom is -0.378 e. The molecule has 1 fully saturated rings. The molecule has 0 spiro atoms. The van der Waals surface area contributed by atoms with Crippen molar-refractivity contribution in [3.8, 4) is 0 Å². The Kier molecular flexibility index (Phi) is 5.19. The van der Waals surface area contributed by atoms with Gasteiger partial charge in [-0.25, -0.2) is 8.42 Å². The van der Waals surface area contributed by atoms with Crippen LogP contribution in [0.15, 0.2) is 41.3 Å². The highest BCUT2D eigenvalue weighted by Crippen LogP contribution is 2.20. The van der Waals surface area contributed by atoms with Crippen LogP contribution in [0.3, 0.4) is 0 Å². The number of sulfonamides is 1. The Morgan fingerprint density at radius 2 is 1.72 bits per heavy atom.